The minimum absolute atomic E-state index is 0.0919. The van der Waals surface area contributed by atoms with Gasteiger partial charge in [0.25, 0.3) is 5.91 Å². The van der Waals surface area contributed by atoms with Crippen LogP contribution in [0.1, 0.15) is 10.4 Å². The lowest BCUT2D eigenvalue weighted by Crippen LogP contribution is -2.49. The van der Waals surface area contributed by atoms with E-state index in [0.717, 1.165) is 5.82 Å². The average Bonchev–Trinajstić information content (AvgIpc) is 2.75. The summed E-state index contributed by atoms with van der Waals surface area (Å²) in [6.45, 7) is 2.48. The number of aromatic nitrogens is 2. The van der Waals surface area contributed by atoms with Gasteiger partial charge < -0.3 is 14.5 Å². The van der Waals surface area contributed by atoms with Gasteiger partial charge in [-0.25, -0.2) is 9.97 Å². The molecule has 1 aliphatic heterocycles. The minimum Gasteiger partial charge on any atom is -0.438 e. The van der Waals surface area contributed by atoms with Crippen molar-refractivity contribution in [3.63, 3.8) is 0 Å². The molecule has 3 heterocycles. The molecule has 28 heavy (non-hydrogen) atoms. The molecular weight excluding hydrogens is 376 g/mol. The zero-order chi connectivity index (χ0) is 19.3. The van der Waals surface area contributed by atoms with Crippen LogP contribution in [0, 0.1) is 0 Å². The summed E-state index contributed by atoms with van der Waals surface area (Å²) in [5.41, 5.74) is 0.454. The van der Waals surface area contributed by atoms with Crippen LogP contribution in [-0.2, 0) is 0 Å². The van der Waals surface area contributed by atoms with Crippen molar-refractivity contribution in [1.82, 2.24) is 14.9 Å². The Morgan fingerprint density at radius 2 is 1.61 bits per heavy atom. The number of piperazine rings is 1. The number of pyridine rings is 2. The smallest absolute Gasteiger partial charge is 0.259 e. The molecule has 0 atom stereocenters. The first kappa shape index (κ1) is 18.3. The lowest BCUT2D eigenvalue weighted by molar-refractivity contribution is 0.0743. The standard InChI is InChI=1S/C21H19ClN4O2/c22-18-9-5-10-23-19(18)25-12-14-26(15-13-25)21(27)17-8-4-11-24-20(17)28-16-6-2-1-3-7-16/h1-11H,12-15H2. The van der Waals surface area contributed by atoms with Gasteiger partial charge in [-0.3, -0.25) is 4.79 Å². The molecule has 2 aromatic heterocycles. The van der Waals surface area contributed by atoms with Gasteiger partial charge in [-0.2, -0.15) is 0 Å². The Morgan fingerprint density at radius 1 is 0.893 bits per heavy atom. The number of amides is 1. The van der Waals surface area contributed by atoms with Crippen molar-refractivity contribution in [1.29, 1.82) is 0 Å². The van der Waals surface area contributed by atoms with E-state index in [1.165, 1.54) is 0 Å². The highest BCUT2D eigenvalue weighted by Crippen LogP contribution is 2.26. The van der Waals surface area contributed by atoms with Crippen LogP contribution in [0.25, 0.3) is 0 Å². The molecular formula is C21H19ClN4O2. The van der Waals surface area contributed by atoms with Crippen LogP contribution in [0.3, 0.4) is 0 Å². The summed E-state index contributed by atoms with van der Waals surface area (Å²) in [5, 5.41) is 0.619. The molecule has 4 rings (SSSR count). The van der Waals surface area contributed by atoms with Crippen LogP contribution in [0.2, 0.25) is 5.02 Å². The van der Waals surface area contributed by atoms with Crippen molar-refractivity contribution >= 4 is 23.3 Å². The molecule has 7 heteroatoms. The number of benzene rings is 1. The summed E-state index contributed by atoms with van der Waals surface area (Å²) >= 11 is 6.24. The van der Waals surface area contributed by atoms with E-state index < -0.39 is 0 Å². The van der Waals surface area contributed by atoms with Crippen LogP contribution < -0.4 is 9.64 Å². The van der Waals surface area contributed by atoms with Gasteiger partial charge in [0.15, 0.2) is 0 Å². The Balaban J connectivity index is 1.47. The number of hydrogen-bond acceptors (Lipinski definition) is 5. The molecule has 142 valence electrons. The Hall–Kier alpha value is -3.12. The van der Waals surface area contributed by atoms with Crippen molar-refractivity contribution in [2.75, 3.05) is 31.1 Å². The topological polar surface area (TPSA) is 58.6 Å². The predicted molar refractivity (Wildman–Crippen MR) is 108 cm³/mol. The van der Waals surface area contributed by atoms with Crippen LogP contribution in [0.5, 0.6) is 11.6 Å². The first-order chi connectivity index (χ1) is 13.7. The van der Waals surface area contributed by atoms with E-state index in [2.05, 4.69) is 14.9 Å². The molecule has 6 nitrogen and oxygen atoms in total. The molecule has 1 aliphatic rings. The van der Waals surface area contributed by atoms with E-state index >= 15 is 0 Å². The van der Waals surface area contributed by atoms with Gasteiger partial charge in [0, 0.05) is 38.6 Å². The minimum atomic E-state index is -0.0919. The Kier molecular flexibility index (Phi) is 5.39. The van der Waals surface area contributed by atoms with Crippen LogP contribution in [0.15, 0.2) is 67.0 Å². The summed E-state index contributed by atoms with van der Waals surface area (Å²) in [6.07, 6.45) is 3.34. The highest BCUT2D eigenvalue weighted by Gasteiger charge is 2.26. The highest BCUT2D eigenvalue weighted by molar-refractivity contribution is 6.32. The molecule has 3 aromatic rings. The molecule has 1 aromatic carbocycles. The molecule has 1 amide bonds. The zero-order valence-electron chi connectivity index (χ0n) is 15.2. The van der Waals surface area contributed by atoms with Crippen LogP contribution in [0.4, 0.5) is 5.82 Å². The van der Waals surface area contributed by atoms with Crippen LogP contribution in [-0.4, -0.2) is 47.0 Å². The number of para-hydroxylation sites is 1. The average molecular weight is 395 g/mol. The van der Waals surface area contributed by atoms with Gasteiger partial charge in [-0.15, -0.1) is 0 Å². The van der Waals surface area contributed by atoms with Crippen molar-refractivity contribution in [3.8, 4) is 11.6 Å². The first-order valence-corrected chi connectivity index (χ1v) is 9.43. The summed E-state index contributed by atoms with van der Waals surface area (Å²) in [7, 11) is 0. The van der Waals surface area contributed by atoms with Crippen molar-refractivity contribution < 1.29 is 9.53 Å². The third-order valence-corrected chi connectivity index (χ3v) is 4.86. The van der Waals surface area contributed by atoms with Gasteiger partial charge in [-0.05, 0) is 36.4 Å². The maximum absolute atomic E-state index is 13.1. The van der Waals surface area contributed by atoms with E-state index in [0.29, 0.717) is 48.4 Å². The van der Waals surface area contributed by atoms with E-state index in [1.54, 1.807) is 24.5 Å². The maximum Gasteiger partial charge on any atom is 0.259 e. The third kappa shape index (κ3) is 3.92. The lowest BCUT2D eigenvalue weighted by atomic mass is 10.2. The number of carbonyl (C=O) groups excluding carboxylic acids is 1. The van der Waals surface area contributed by atoms with Crippen LogP contribution >= 0.6 is 11.6 Å². The van der Waals surface area contributed by atoms with E-state index in [9.17, 15) is 4.79 Å². The Bertz CT molecular complexity index is 959. The number of halogens is 1. The third-order valence-electron chi connectivity index (χ3n) is 4.56. The van der Waals surface area contributed by atoms with Gasteiger partial charge in [0.05, 0.1) is 5.02 Å². The number of rotatable bonds is 4. The molecule has 0 bridgehead atoms. The SMILES string of the molecule is O=C(c1cccnc1Oc1ccccc1)N1CCN(c2ncccc2Cl)CC1. The molecule has 1 saturated heterocycles. The predicted octanol–water partition coefficient (Wildman–Crippen LogP) is 3.88. The quantitative estimate of drug-likeness (QED) is 0.672. The van der Waals surface area contributed by atoms with Gasteiger partial charge in [0.2, 0.25) is 5.88 Å². The van der Waals surface area contributed by atoms with Gasteiger partial charge in [0.1, 0.15) is 17.1 Å². The Morgan fingerprint density at radius 3 is 2.36 bits per heavy atom. The summed E-state index contributed by atoms with van der Waals surface area (Å²) in [5.74, 6) is 1.62. The maximum atomic E-state index is 13.1. The molecule has 1 fully saturated rings. The number of carbonyl (C=O) groups is 1. The fourth-order valence-electron chi connectivity index (χ4n) is 3.14. The number of nitrogens with zero attached hydrogens (tertiary/aromatic N) is 4. The van der Waals surface area contributed by atoms with Crippen molar-refractivity contribution in [3.05, 3.63) is 77.6 Å². The second-order valence-corrected chi connectivity index (χ2v) is 6.77. The largest absolute Gasteiger partial charge is 0.438 e. The van der Waals surface area contributed by atoms with Gasteiger partial charge >= 0.3 is 0 Å². The van der Waals surface area contributed by atoms with Gasteiger partial charge in [-0.1, -0.05) is 29.8 Å². The second kappa shape index (κ2) is 8.27. The van der Waals surface area contributed by atoms with E-state index in [4.69, 9.17) is 16.3 Å². The number of ether oxygens (including phenoxy) is 1. The molecule has 0 saturated carbocycles. The number of anilines is 1. The fourth-order valence-corrected chi connectivity index (χ4v) is 3.38. The molecule has 0 unspecified atom stereocenters. The zero-order valence-corrected chi connectivity index (χ0v) is 15.9. The normalized spacial score (nSPS) is 14.0. The molecule has 0 aliphatic carbocycles. The molecule has 0 radical (unpaired) electrons. The summed E-state index contributed by atoms with van der Waals surface area (Å²) in [6, 6.07) is 16.4. The van der Waals surface area contributed by atoms with Crippen molar-refractivity contribution in [2.45, 2.75) is 0 Å². The lowest BCUT2D eigenvalue weighted by Gasteiger charge is -2.35. The molecule has 0 spiro atoms. The monoisotopic (exact) mass is 394 g/mol. The van der Waals surface area contributed by atoms with Crippen molar-refractivity contribution in [2.24, 2.45) is 0 Å². The second-order valence-electron chi connectivity index (χ2n) is 6.36. The number of hydrogen-bond donors (Lipinski definition) is 0. The molecule has 0 N–H and O–H groups in total. The summed E-state index contributed by atoms with van der Waals surface area (Å²) in [4.78, 5) is 25.6. The highest BCUT2D eigenvalue weighted by atomic mass is 35.5. The first-order valence-electron chi connectivity index (χ1n) is 9.05. The fraction of sp³-hybridized carbons (Fsp3) is 0.190. The van der Waals surface area contributed by atoms with E-state index in [1.807, 2.05) is 47.4 Å². The summed E-state index contributed by atoms with van der Waals surface area (Å²) < 4.78 is 5.83. The Labute approximate surface area is 168 Å². The van der Waals surface area contributed by atoms with E-state index in [-0.39, 0.29) is 5.91 Å².